The van der Waals surface area contributed by atoms with Crippen molar-refractivity contribution >= 4 is 23.1 Å². The number of rotatable bonds is 10. The number of hydrogen-bond acceptors (Lipinski definition) is 6. The molecule has 7 unspecified atom stereocenters. The topological polar surface area (TPSA) is 73.2 Å². The van der Waals surface area contributed by atoms with Crippen LogP contribution >= 0.6 is 0 Å². The molecule has 7 aliphatic rings. The minimum atomic E-state index is -0.239. The molecule has 4 aromatic rings. The third-order valence-corrected chi connectivity index (χ3v) is 14.1. The summed E-state index contributed by atoms with van der Waals surface area (Å²) in [4.78, 5) is 15.8. The average molecular weight is 875 g/mol. The maximum atomic E-state index is 5.31. The summed E-state index contributed by atoms with van der Waals surface area (Å²) >= 11 is 0. The zero-order valence-electron chi connectivity index (χ0n) is 38.2. The van der Waals surface area contributed by atoms with Crippen molar-refractivity contribution in [3.63, 3.8) is 0 Å². The smallest absolute Gasteiger partial charge is 0.159 e. The second kappa shape index (κ2) is 19.4. The van der Waals surface area contributed by atoms with Gasteiger partial charge in [-0.1, -0.05) is 201 Å². The maximum absolute atomic E-state index is 5.31. The summed E-state index contributed by atoms with van der Waals surface area (Å²) in [5.74, 6) is 3.68. The first-order valence-corrected chi connectivity index (χ1v) is 24.3. The van der Waals surface area contributed by atoms with Crippen molar-refractivity contribution in [3.8, 4) is 11.1 Å². The molecule has 3 N–H and O–H groups in total. The number of aliphatic imine (C=N–C) groups is 3. The van der Waals surface area contributed by atoms with Crippen LogP contribution in [-0.4, -0.2) is 23.7 Å². The summed E-state index contributed by atoms with van der Waals surface area (Å²) in [6.07, 6.45) is 40.4. The normalized spacial score (nSPS) is 26.7. The molecule has 67 heavy (non-hydrogen) atoms. The Morgan fingerprint density at radius 2 is 1.31 bits per heavy atom. The highest BCUT2D eigenvalue weighted by molar-refractivity contribution is 6.14. The molecular formula is C61H58N6. The van der Waals surface area contributed by atoms with E-state index >= 15 is 0 Å². The molecule has 0 saturated heterocycles. The van der Waals surface area contributed by atoms with Crippen LogP contribution in [0.1, 0.15) is 86.0 Å². The van der Waals surface area contributed by atoms with Crippen molar-refractivity contribution in [2.24, 2.45) is 32.7 Å². The van der Waals surface area contributed by atoms with Crippen molar-refractivity contribution in [2.75, 3.05) is 0 Å². The van der Waals surface area contributed by atoms with Gasteiger partial charge in [0.25, 0.3) is 0 Å². The highest BCUT2D eigenvalue weighted by atomic mass is 15.3. The van der Waals surface area contributed by atoms with Gasteiger partial charge in [-0.15, -0.1) is 0 Å². The first-order chi connectivity index (χ1) is 33.1. The molecule has 0 aromatic heterocycles. The zero-order valence-corrected chi connectivity index (χ0v) is 38.2. The standard InChI is InChI=1S/C61H58N6/c1-41-31-32-54(61-66-58(46-23-12-5-13-24-46)63-59(67-61)47-35-33-43(34-36-47)42-17-6-2-7-18-42)40-55(41)52-29-15-27-50(38-52)48-25-14-26-49(37-48)51-28-16-30-53(39-51)60-64-56(44-19-8-3-9-20-44)62-57(65-60)45-21-10-4-11-22-45/h3,5-6,8-10,12-33,35-38,40-41,43,53,55-56,58,60,64H,2,4,7,11,34,39H2,1H3,(H,62,65)(H,63,66,67). The molecule has 0 fully saturated rings. The van der Waals surface area contributed by atoms with E-state index < -0.39 is 0 Å². The Morgan fingerprint density at radius 3 is 2.09 bits per heavy atom. The number of amidine groups is 3. The van der Waals surface area contributed by atoms with Gasteiger partial charge >= 0.3 is 0 Å². The van der Waals surface area contributed by atoms with E-state index in [-0.39, 0.29) is 30.3 Å². The number of benzene rings is 4. The fourth-order valence-corrected chi connectivity index (χ4v) is 10.3. The average Bonchev–Trinajstić information content (AvgIpc) is 3.42. The van der Waals surface area contributed by atoms with Crippen molar-refractivity contribution in [1.82, 2.24) is 16.0 Å². The first kappa shape index (κ1) is 42.5. The van der Waals surface area contributed by atoms with Crippen LogP contribution in [0.3, 0.4) is 0 Å². The third kappa shape index (κ3) is 9.45. The number of hydrogen-bond donors (Lipinski definition) is 3. The summed E-state index contributed by atoms with van der Waals surface area (Å²) in [5, 5.41) is 11.3. The Balaban J connectivity index is 0.840. The molecule has 4 aromatic carbocycles. The van der Waals surface area contributed by atoms with E-state index in [1.807, 2.05) is 0 Å². The summed E-state index contributed by atoms with van der Waals surface area (Å²) in [5.41, 5.74) is 13.4. The largest absolute Gasteiger partial charge is 0.350 e. The summed E-state index contributed by atoms with van der Waals surface area (Å²) in [6.45, 7) is 2.31. The van der Waals surface area contributed by atoms with Gasteiger partial charge in [0.05, 0.1) is 0 Å². The zero-order chi connectivity index (χ0) is 44.9. The number of allylic oxidation sites excluding steroid dienone is 13. The van der Waals surface area contributed by atoms with Gasteiger partial charge in [0.15, 0.2) is 5.84 Å². The minimum absolute atomic E-state index is 0.0298. The molecule has 0 bridgehead atoms. The fraction of sp³-hybridized carbons (Fsp3) is 0.230. The molecule has 6 nitrogen and oxygen atoms in total. The predicted octanol–water partition coefficient (Wildman–Crippen LogP) is 13.3. The first-order valence-electron chi connectivity index (χ1n) is 24.3. The van der Waals surface area contributed by atoms with Gasteiger partial charge < -0.3 is 10.6 Å². The summed E-state index contributed by atoms with van der Waals surface area (Å²) in [6, 6.07) is 39.4. The Kier molecular flexibility index (Phi) is 12.3. The Bertz CT molecular complexity index is 2930. The van der Waals surface area contributed by atoms with E-state index in [1.165, 1.54) is 44.5 Å². The van der Waals surface area contributed by atoms with Crippen LogP contribution in [0.15, 0.2) is 238 Å². The molecule has 0 spiro atoms. The van der Waals surface area contributed by atoms with Crippen molar-refractivity contribution < 1.29 is 0 Å². The molecule has 2 heterocycles. The van der Waals surface area contributed by atoms with Gasteiger partial charge in [-0.05, 0) is 95.0 Å². The van der Waals surface area contributed by atoms with Gasteiger partial charge in [-0.2, -0.15) is 0 Å². The van der Waals surface area contributed by atoms with Crippen LogP contribution in [-0.2, 0) is 0 Å². The second-order valence-electron chi connectivity index (χ2n) is 18.6. The summed E-state index contributed by atoms with van der Waals surface area (Å²) in [7, 11) is 0. The van der Waals surface area contributed by atoms with Crippen LogP contribution in [0.25, 0.3) is 16.7 Å². The number of nitrogens with one attached hydrogen (secondary N) is 3. The Morgan fingerprint density at radius 1 is 0.582 bits per heavy atom. The lowest BCUT2D eigenvalue weighted by molar-refractivity contribution is 0.341. The molecule has 6 heteroatoms. The van der Waals surface area contributed by atoms with Crippen LogP contribution in [0.5, 0.6) is 0 Å². The number of nitrogens with zero attached hydrogens (tertiary/aromatic N) is 3. The SMILES string of the molecule is CC1C=CC(C2=NC(c3ccccc3)NC(C3=CCC(C4=CCCC=C4)C=C3)=N2)=CC1c1cccc(-c2cccc(C3=CC=CC(C4N=C(C5=CCCC=C5)NC(c5ccccc5)N4)C3)c2)c1. The molecule has 11 rings (SSSR count). The predicted molar refractivity (Wildman–Crippen MR) is 278 cm³/mol. The molecule has 332 valence electrons. The van der Waals surface area contributed by atoms with E-state index in [1.54, 1.807) is 0 Å². The van der Waals surface area contributed by atoms with Crippen molar-refractivity contribution in [1.29, 1.82) is 0 Å². The Hall–Kier alpha value is -7.15. The van der Waals surface area contributed by atoms with Crippen LogP contribution in [0.2, 0.25) is 0 Å². The Labute approximate surface area is 396 Å². The third-order valence-electron chi connectivity index (χ3n) is 14.1. The molecule has 2 aliphatic heterocycles. The van der Waals surface area contributed by atoms with Crippen LogP contribution in [0, 0.1) is 17.8 Å². The van der Waals surface area contributed by atoms with Crippen LogP contribution < -0.4 is 16.0 Å². The minimum Gasteiger partial charge on any atom is -0.350 e. The van der Waals surface area contributed by atoms with Crippen molar-refractivity contribution in [2.45, 2.75) is 69.9 Å². The lowest BCUT2D eigenvalue weighted by atomic mass is 9.81. The quantitative estimate of drug-likeness (QED) is 0.149. The van der Waals surface area contributed by atoms with Crippen LogP contribution in [0.4, 0.5) is 0 Å². The highest BCUT2D eigenvalue weighted by Gasteiger charge is 2.31. The summed E-state index contributed by atoms with van der Waals surface area (Å²) < 4.78 is 0. The van der Waals surface area contributed by atoms with E-state index in [4.69, 9.17) is 15.0 Å². The lowest BCUT2D eigenvalue weighted by Gasteiger charge is -2.36. The molecule has 0 amide bonds. The second-order valence-corrected chi connectivity index (χ2v) is 18.6. The molecule has 7 atom stereocenters. The van der Waals surface area contributed by atoms with Gasteiger partial charge in [-0.25, -0.2) is 15.0 Å². The molecule has 0 saturated carbocycles. The van der Waals surface area contributed by atoms with E-state index in [0.717, 1.165) is 72.7 Å². The molecule has 0 radical (unpaired) electrons. The van der Waals surface area contributed by atoms with Gasteiger partial charge in [0.2, 0.25) is 0 Å². The monoisotopic (exact) mass is 874 g/mol. The van der Waals surface area contributed by atoms with E-state index in [9.17, 15) is 0 Å². The highest BCUT2D eigenvalue weighted by Crippen LogP contribution is 2.38. The molecule has 5 aliphatic carbocycles. The van der Waals surface area contributed by atoms with Gasteiger partial charge in [0.1, 0.15) is 30.2 Å². The van der Waals surface area contributed by atoms with Gasteiger partial charge in [-0.3, -0.25) is 5.32 Å². The maximum Gasteiger partial charge on any atom is 0.159 e. The fourth-order valence-electron chi connectivity index (χ4n) is 10.3. The lowest BCUT2D eigenvalue weighted by Crippen LogP contribution is -2.51. The van der Waals surface area contributed by atoms with E-state index in [2.05, 4.69) is 223 Å². The molecular weight excluding hydrogens is 817 g/mol. The van der Waals surface area contributed by atoms with E-state index in [0.29, 0.717) is 11.8 Å². The van der Waals surface area contributed by atoms with Crippen molar-refractivity contribution in [3.05, 3.63) is 245 Å². The van der Waals surface area contributed by atoms with Gasteiger partial charge in [0, 0.05) is 34.5 Å².